The van der Waals surface area contributed by atoms with Crippen molar-refractivity contribution in [2.24, 2.45) is 4.99 Å². The minimum Gasteiger partial charge on any atom is -0.211 e. The number of aliphatic imine (C=N–C) groups is 1. The normalized spacial score (nSPS) is 19.5. The largest absolute Gasteiger partial charge is 0.244 e. The fourth-order valence-electron chi connectivity index (χ4n) is 2.24. The standard InChI is InChI=1S/C13H12ClN3O3S/c14-12-6-10(7-15)3-4-13(12)21(19,20)17-5-1-2-11(8-17)16-9-18/h3-4,6,11H,1-2,5,8H2. The van der Waals surface area contributed by atoms with Crippen LogP contribution in [0.4, 0.5) is 0 Å². The number of isocyanates is 1. The van der Waals surface area contributed by atoms with Crippen LogP contribution in [0.2, 0.25) is 5.02 Å². The third-order valence-electron chi connectivity index (χ3n) is 3.27. The van der Waals surface area contributed by atoms with Crippen LogP contribution in [0.25, 0.3) is 0 Å². The van der Waals surface area contributed by atoms with E-state index in [2.05, 4.69) is 4.99 Å². The Kier molecular flexibility index (Phi) is 4.76. The highest BCUT2D eigenvalue weighted by molar-refractivity contribution is 7.89. The van der Waals surface area contributed by atoms with Gasteiger partial charge >= 0.3 is 0 Å². The van der Waals surface area contributed by atoms with Gasteiger partial charge in [-0.3, -0.25) is 0 Å². The van der Waals surface area contributed by atoms with Crippen LogP contribution in [0.3, 0.4) is 0 Å². The first-order chi connectivity index (χ1) is 9.98. The molecule has 1 unspecified atom stereocenters. The van der Waals surface area contributed by atoms with Gasteiger partial charge in [0, 0.05) is 13.1 Å². The topological polar surface area (TPSA) is 90.6 Å². The molecule has 1 fully saturated rings. The number of hydrogen-bond donors (Lipinski definition) is 0. The molecule has 1 aromatic carbocycles. The summed E-state index contributed by atoms with van der Waals surface area (Å²) in [6.07, 6.45) is 2.74. The molecular weight excluding hydrogens is 314 g/mol. The van der Waals surface area contributed by atoms with Gasteiger partial charge in [0.05, 0.1) is 22.7 Å². The number of nitrogens with zero attached hydrogens (tertiary/aromatic N) is 3. The predicted molar refractivity (Wildman–Crippen MR) is 76.1 cm³/mol. The van der Waals surface area contributed by atoms with E-state index >= 15 is 0 Å². The highest BCUT2D eigenvalue weighted by Crippen LogP contribution is 2.28. The van der Waals surface area contributed by atoms with Gasteiger partial charge < -0.3 is 0 Å². The Morgan fingerprint density at radius 1 is 1.43 bits per heavy atom. The molecule has 6 nitrogen and oxygen atoms in total. The molecule has 1 saturated heterocycles. The molecule has 110 valence electrons. The Morgan fingerprint density at radius 3 is 2.81 bits per heavy atom. The van der Waals surface area contributed by atoms with Crippen molar-refractivity contribution in [3.05, 3.63) is 28.8 Å². The fourth-order valence-corrected chi connectivity index (χ4v) is 4.27. The Labute approximate surface area is 127 Å². The number of halogens is 1. The molecule has 1 heterocycles. The van der Waals surface area contributed by atoms with Gasteiger partial charge in [-0.05, 0) is 31.0 Å². The van der Waals surface area contributed by atoms with Crippen molar-refractivity contribution in [3.63, 3.8) is 0 Å². The Balaban J connectivity index is 2.34. The van der Waals surface area contributed by atoms with Crippen molar-refractivity contribution < 1.29 is 13.2 Å². The number of nitriles is 1. The van der Waals surface area contributed by atoms with Gasteiger partial charge in [-0.25, -0.2) is 18.2 Å². The summed E-state index contributed by atoms with van der Waals surface area (Å²) in [5.41, 5.74) is 0.293. The molecule has 0 aromatic heterocycles. The number of piperidine rings is 1. The smallest absolute Gasteiger partial charge is 0.211 e. The molecule has 0 spiro atoms. The van der Waals surface area contributed by atoms with E-state index in [0.29, 0.717) is 24.9 Å². The van der Waals surface area contributed by atoms with Crippen molar-refractivity contribution in [2.75, 3.05) is 13.1 Å². The predicted octanol–water partition coefficient (Wildman–Crippen LogP) is 1.70. The minimum absolute atomic E-state index is 0.00932. The summed E-state index contributed by atoms with van der Waals surface area (Å²) in [7, 11) is -3.77. The second-order valence-corrected chi connectivity index (χ2v) is 6.95. The lowest BCUT2D eigenvalue weighted by Gasteiger charge is -2.29. The lowest BCUT2D eigenvalue weighted by molar-refractivity contribution is 0.316. The van der Waals surface area contributed by atoms with E-state index in [1.54, 1.807) is 0 Å². The summed E-state index contributed by atoms with van der Waals surface area (Å²) >= 11 is 5.97. The molecule has 0 N–H and O–H groups in total. The summed E-state index contributed by atoms with van der Waals surface area (Å²) in [4.78, 5) is 13.9. The van der Waals surface area contributed by atoms with E-state index in [0.717, 1.165) is 0 Å². The summed E-state index contributed by atoms with van der Waals surface area (Å²) in [5, 5.41) is 8.79. The first kappa shape index (κ1) is 15.7. The third-order valence-corrected chi connectivity index (χ3v) is 5.62. The van der Waals surface area contributed by atoms with Crippen molar-refractivity contribution in [3.8, 4) is 6.07 Å². The van der Waals surface area contributed by atoms with Gasteiger partial charge in [0.2, 0.25) is 16.1 Å². The molecule has 0 saturated carbocycles. The Hall–Kier alpha value is -1.71. The number of carbonyl (C=O) groups excluding carboxylic acids is 1. The van der Waals surface area contributed by atoms with E-state index < -0.39 is 10.0 Å². The van der Waals surface area contributed by atoms with E-state index in [9.17, 15) is 13.2 Å². The number of benzene rings is 1. The highest BCUT2D eigenvalue weighted by atomic mass is 35.5. The maximum Gasteiger partial charge on any atom is 0.244 e. The number of rotatable bonds is 3. The second-order valence-electron chi connectivity index (χ2n) is 4.64. The van der Waals surface area contributed by atoms with Crippen LogP contribution < -0.4 is 0 Å². The van der Waals surface area contributed by atoms with E-state index in [4.69, 9.17) is 16.9 Å². The zero-order valence-electron chi connectivity index (χ0n) is 11.0. The zero-order valence-corrected chi connectivity index (χ0v) is 12.6. The molecule has 21 heavy (non-hydrogen) atoms. The average molecular weight is 326 g/mol. The summed E-state index contributed by atoms with van der Waals surface area (Å²) < 4.78 is 26.4. The summed E-state index contributed by atoms with van der Waals surface area (Å²) in [5.74, 6) is 0. The van der Waals surface area contributed by atoms with Gasteiger partial charge in [0.15, 0.2) is 0 Å². The summed E-state index contributed by atoms with van der Waals surface area (Å²) in [6, 6.07) is 5.57. The highest BCUT2D eigenvalue weighted by Gasteiger charge is 2.31. The van der Waals surface area contributed by atoms with Gasteiger partial charge in [0.1, 0.15) is 4.90 Å². The van der Waals surface area contributed by atoms with Crippen LogP contribution in [0.15, 0.2) is 28.1 Å². The van der Waals surface area contributed by atoms with Gasteiger partial charge in [0.25, 0.3) is 0 Å². The molecule has 1 atom stereocenters. The van der Waals surface area contributed by atoms with Crippen LogP contribution in [-0.4, -0.2) is 37.9 Å². The number of hydrogen-bond acceptors (Lipinski definition) is 5. The SMILES string of the molecule is N#Cc1ccc(S(=O)(=O)N2CCCC(N=C=O)C2)c(Cl)c1. The fraction of sp³-hybridized carbons (Fsp3) is 0.385. The molecule has 0 bridgehead atoms. The molecule has 0 radical (unpaired) electrons. The van der Waals surface area contributed by atoms with Crippen molar-refractivity contribution in [1.29, 1.82) is 5.26 Å². The quantitative estimate of drug-likeness (QED) is 0.624. The molecule has 1 aliphatic heterocycles. The molecule has 0 amide bonds. The van der Waals surface area contributed by atoms with E-state index in [-0.39, 0.29) is 22.5 Å². The van der Waals surface area contributed by atoms with E-state index in [1.807, 2.05) is 6.07 Å². The maximum atomic E-state index is 12.6. The molecule has 2 rings (SSSR count). The van der Waals surface area contributed by atoms with Crippen LogP contribution >= 0.6 is 11.6 Å². The molecule has 8 heteroatoms. The van der Waals surface area contributed by atoms with Crippen molar-refractivity contribution >= 4 is 27.7 Å². The van der Waals surface area contributed by atoms with Crippen molar-refractivity contribution in [2.45, 2.75) is 23.8 Å². The molecule has 1 aromatic rings. The second kappa shape index (κ2) is 6.37. The Morgan fingerprint density at radius 2 is 2.19 bits per heavy atom. The lowest BCUT2D eigenvalue weighted by Crippen LogP contribution is -2.41. The van der Waals surface area contributed by atoms with E-state index in [1.165, 1.54) is 28.6 Å². The molecule has 1 aliphatic rings. The minimum atomic E-state index is -3.77. The average Bonchev–Trinajstić information content (AvgIpc) is 2.47. The lowest BCUT2D eigenvalue weighted by atomic mass is 10.1. The Bertz CT molecular complexity index is 736. The van der Waals surface area contributed by atoms with Crippen LogP contribution in [0, 0.1) is 11.3 Å². The monoisotopic (exact) mass is 325 g/mol. The maximum absolute atomic E-state index is 12.6. The zero-order chi connectivity index (χ0) is 15.5. The van der Waals surface area contributed by atoms with Gasteiger partial charge in [-0.2, -0.15) is 9.57 Å². The van der Waals surface area contributed by atoms with Crippen LogP contribution in [0.5, 0.6) is 0 Å². The number of sulfonamides is 1. The van der Waals surface area contributed by atoms with Gasteiger partial charge in [-0.15, -0.1) is 0 Å². The van der Waals surface area contributed by atoms with Crippen LogP contribution in [0.1, 0.15) is 18.4 Å². The molecular formula is C13H12ClN3O3S. The summed E-state index contributed by atoms with van der Waals surface area (Å²) in [6.45, 7) is 0.484. The van der Waals surface area contributed by atoms with Gasteiger partial charge in [-0.1, -0.05) is 11.6 Å². The molecule has 0 aliphatic carbocycles. The van der Waals surface area contributed by atoms with Crippen LogP contribution in [-0.2, 0) is 14.8 Å². The first-order valence-corrected chi connectivity index (χ1v) is 8.07. The van der Waals surface area contributed by atoms with Crippen molar-refractivity contribution in [1.82, 2.24) is 4.31 Å². The third kappa shape index (κ3) is 3.31. The first-order valence-electron chi connectivity index (χ1n) is 6.26.